The lowest BCUT2D eigenvalue weighted by Crippen LogP contribution is -2.25. The van der Waals surface area contributed by atoms with E-state index in [1.54, 1.807) is 12.1 Å². The maximum atomic E-state index is 12.9. The van der Waals surface area contributed by atoms with Crippen LogP contribution in [0, 0.1) is 12.7 Å². The van der Waals surface area contributed by atoms with Crippen LogP contribution in [-0.2, 0) is 11.2 Å². The number of unbranched alkanes of at least 4 members (excludes halogenated alkanes) is 1. The number of aryl methyl sites for hydroxylation is 1. The molecular formula is C16H19FN2OS. The fourth-order valence-electron chi connectivity index (χ4n) is 1.92. The Morgan fingerprint density at radius 3 is 2.71 bits per heavy atom. The summed E-state index contributed by atoms with van der Waals surface area (Å²) in [6.45, 7) is 4.71. The first-order chi connectivity index (χ1) is 10.1. The highest BCUT2D eigenvalue weighted by Gasteiger charge is 2.12. The number of nitrogens with one attached hydrogen (secondary N) is 1. The molecule has 0 fully saturated rings. The molecule has 1 heterocycles. The highest BCUT2D eigenvalue weighted by Crippen LogP contribution is 2.28. The molecule has 2 rings (SSSR count). The minimum absolute atomic E-state index is 0.0286. The molecule has 2 aromatic rings. The molecule has 0 unspecified atom stereocenters. The summed E-state index contributed by atoms with van der Waals surface area (Å²) in [6, 6.07) is 6.25. The van der Waals surface area contributed by atoms with E-state index in [9.17, 15) is 9.18 Å². The van der Waals surface area contributed by atoms with Gasteiger partial charge in [0.25, 0.3) is 0 Å². The molecule has 0 radical (unpaired) electrons. The SMILES string of the molecule is CCCCNC(=O)Cc1sc(-c2ccc(F)cc2)nc1C. The van der Waals surface area contributed by atoms with E-state index in [0.29, 0.717) is 6.42 Å². The number of aromatic nitrogens is 1. The van der Waals surface area contributed by atoms with Crippen LogP contribution in [-0.4, -0.2) is 17.4 Å². The van der Waals surface area contributed by atoms with Gasteiger partial charge in [-0.25, -0.2) is 9.37 Å². The Hall–Kier alpha value is -1.75. The average Bonchev–Trinajstić information content (AvgIpc) is 2.81. The van der Waals surface area contributed by atoms with Crippen molar-refractivity contribution in [3.8, 4) is 10.6 Å². The van der Waals surface area contributed by atoms with E-state index in [-0.39, 0.29) is 11.7 Å². The fraction of sp³-hybridized carbons (Fsp3) is 0.375. The Morgan fingerprint density at radius 1 is 1.33 bits per heavy atom. The molecule has 1 aromatic carbocycles. The molecule has 0 spiro atoms. The quantitative estimate of drug-likeness (QED) is 0.827. The van der Waals surface area contributed by atoms with E-state index < -0.39 is 0 Å². The van der Waals surface area contributed by atoms with Crippen molar-refractivity contribution in [3.05, 3.63) is 40.7 Å². The third-order valence-electron chi connectivity index (χ3n) is 3.16. The van der Waals surface area contributed by atoms with Gasteiger partial charge in [0.1, 0.15) is 10.8 Å². The van der Waals surface area contributed by atoms with Crippen molar-refractivity contribution in [1.29, 1.82) is 0 Å². The van der Waals surface area contributed by atoms with Crippen LogP contribution in [0.25, 0.3) is 10.6 Å². The first-order valence-corrected chi connectivity index (χ1v) is 7.90. The number of hydrogen-bond donors (Lipinski definition) is 1. The highest BCUT2D eigenvalue weighted by molar-refractivity contribution is 7.15. The number of benzene rings is 1. The number of carbonyl (C=O) groups excluding carboxylic acids is 1. The molecule has 0 saturated heterocycles. The normalized spacial score (nSPS) is 10.6. The number of halogens is 1. The van der Waals surface area contributed by atoms with Crippen LogP contribution in [0.4, 0.5) is 4.39 Å². The minimum Gasteiger partial charge on any atom is -0.356 e. The molecule has 112 valence electrons. The zero-order valence-electron chi connectivity index (χ0n) is 12.3. The molecule has 5 heteroatoms. The van der Waals surface area contributed by atoms with Crippen LogP contribution in [0.3, 0.4) is 0 Å². The van der Waals surface area contributed by atoms with Gasteiger partial charge in [-0.2, -0.15) is 0 Å². The lowest BCUT2D eigenvalue weighted by molar-refractivity contribution is -0.120. The van der Waals surface area contributed by atoms with Crippen molar-refractivity contribution < 1.29 is 9.18 Å². The van der Waals surface area contributed by atoms with Crippen molar-refractivity contribution in [1.82, 2.24) is 10.3 Å². The Bertz CT molecular complexity index is 607. The third kappa shape index (κ3) is 4.36. The maximum absolute atomic E-state index is 12.9. The summed E-state index contributed by atoms with van der Waals surface area (Å²) in [7, 11) is 0. The average molecular weight is 306 g/mol. The molecule has 21 heavy (non-hydrogen) atoms. The maximum Gasteiger partial charge on any atom is 0.225 e. The lowest BCUT2D eigenvalue weighted by Gasteiger charge is -2.02. The molecule has 1 N–H and O–H groups in total. The predicted octanol–water partition coefficient (Wildman–Crippen LogP) is 3.72. The van der Waals surface area contributed by atoms with E-state index in [1.807, 2.05) is 6.92 Å². The molecule has 0 aliphatic heterocycles. The summed E-state index contributed by atoms with van der Waals surface area (Å²) in [4.78, 5) is 17.3. The van der Waals surface area contributed by atoms with E-state index in [0.717, 1.165) is 40.5 Å². The molecule has 0 saturated carbocycles. The van der Waals surface area contributed by atoms with Gasteiger partial charge in [0.2, 0.25) is 5.91 Å². The molecule has 0 bridgehead atoms. The topological polar surface area (TPSA) is 42.0 Å². The van der Waals surface area contributed by atoms with E-state index in [2.05, 4.69) is 17.2 Å². The van der Waals surface area contributed by atoms with Crippen molar-refractivity contribution in [2.45, 2.75) is 33.1 Å². The molecule has 0 aliphatic carbocycles. The van der Waals surface area contributed by atoms with Gasteiger partial charge in [-0.05, 0) is 37.6 Å². The van der Waals surface area contributed by atoms with Gasteiger partial charge in [0, 0.05) is 17.0 Å². The van der Waals surface area contributed by atoms with Crippen molar-refractivity contribution in [2.75, 3.05) is 6.54 Å². The van der Waals surface area contributed by atoms with Gasteiger partial charge >= 0.3 is 0 Å². The first-order valence-electron chi connectivity index (χ1n) is 7.09. The van der Waals surface area contributed by atoms with Gasteiger partial charge in [0.05, 0.1) is 12.1 Å². The summed E-state index contributed by atoms with van der Waals surface area (Å²) in [5.41, 5.74) is 1.74. The number of carbonyl (C=O) groups is 1. The number of thiazole rings is 1. The van der Waals surface area contributed by atoms with Crippen molar-refractivity contribution in [2.24, 2.45) is 0 Å². The zero-order valence-corrected chi connectivity index (χ0v) is 13.1. The third-order valence-corrected chi connectivity index (χ3v) is 4.36. The van der Waals surface area contributed by atoms with Gasteiger partial charge < -0.3 is 5.32 Å². The van der Waals surface area contributed by atoms with Crippen LogP contribution >= 0.6 is 11.3 Å². The monoisotopic (exact) mass is 306 g/mol. The van der Waals surface area contributed by atoms with Gasteiger partial charge in [0.15, 0.2) is 0 Å². The van der Waals surface area contributed by atoms with E-state index in [4.69, 9.17) is 0 Å². The number of amides is 1. The standard InChI is InChI=1S/C16H19FN2OS/c1-3-4-9-18-15(20)10-14-11(2)19-16(21-14)12-5-7-13(17)8-6-12/h5-8H,3-4,9-10H2,1-2H3,(H,18,20). The van der Waals surface area contributed by atoms with Crippen LogP contribution < -0.4 is 5.32 Å². The minimum atomic E-state index is -0.262. The Kier molecular flexibility index (Phi) is 5.44. The Morgan fingerprint density at radius 2 is 2.05 bits per heavy atom. The lowest BCUT2D eigenvalue weighted by atomic mass is 10.2. The molecular weight excluding hydrogens is 287 g/mol. The zero-order chi connectivity index (χ0) is 15.2. The molecule has 1 amide bonds. The van der Waals surface area contributed by atoms with Crippen molar-refractivity contribution in [3.63, 3.8) is 0 Å². The van der Waals surface area contributed by atoms with Crippen LogP contribution in [0.1, 0.15) is 30.3 Å². The second-order valence-electron chi connectivity index (χ2n) is 4.91. The number of hydrogen-bond acceptors (Lipinski definition) is 3. The summed E-state index contributed by atoms with van der Waals surface area (Å²) < 4.78 is 12.9. The molecule has 0 atom stereocenters. The van der Waals surface area contributed by atoms with Gasteiger partial charge in [-0.15, -0.1) is 11.3 Å². The molecule has 0 aliphatic rings. The van der Waals surface area contributed by atoms with Crippen molar-refractivity contribution >= 4 is 17.2 Å². The van der Waals surface area contributed by atoms with Gasteiger partial charge in [-0.3, -0.25) is 4.79 Å². The van der Waals surface area contributed by atoms with Crippen LogP contribution in [0.5, 0.6) is 0 Å². The second-order valence-corrected chi connectivity index (χ2v) is 6.00. The largest absolute Gasteiger partial charge is 0.356 e. The van der Waals surface area contributed by atoms with Crippen LogP contribution in [0.15, 0.2) is 24.3 Å². The highest BCUT2D eigenvalue weighted by atomic mass is 32.1. The fourth-order valence-corrected chi connectivity index (χ4v) is 2.99. The molecule has 3 nitrogen and oxygen atoms in total. The number of rotatable bonds is 6. The summed E-state index contributed by atoms with van der Waals surface area (Å²) in [6.07, 6.45) is 2.41. The summed E-state index contributed by atoms with van der Waals surface area (Å²) >= 11 is 1.49. The Balaban J connectivity index is 2.05. The van der Waals surface area contributed by atoms with Gasteiger partial charge in [-0.1, -0.05) is 13.3 Å². The predicted molar refractivity (Wildman–Crippen MR) is 83.9 cm³/mol. The number of nitrogens with zero attached hydrogens (tertiary/aromatic N) is 1. The van der Waals surface area contributed by atoms with E-state index in [1.165, 1.54) is 23.5 Å². The summed E-state index contributed by atoms with van der Waals surface area (Å²) in [5.74, 6) is -0.233. The molecule has 1 aromatic heterocycles. The first kappa shape index (κ1) is 15.6. The Labute approximate surface area is 128 Å². The smallest absolute Gasteiger partial charge is 0.225 e. The van der Waals surface area contributed by atoms with Crippen LogP contribution in [0.2, 0.25) is 0 Å². The second kappa shape index (κ2) is 7.31. The van der Waals surface area contributed by atoms with E-state index >= 15 is 0 Å². The summed E-state index contributed by atoms with van der Waals surface area (Å²) in [5, 5.41) is 3.73.